The van der Waals surface area contributed by atoms with Gasteiger partial charge in [-0.05, 0) is 38.3 Å². The van der Waals surface area contributed by atoms with Gasteiger partial charge in [-0.25, -0.2) is 0 Å². The van der Waals surface area contributed by atoms with Gasteiger partial charge in [0.1, 0.15) is 0 Å². The molecule has 1 atom stereocenters. The fourth-order valence-electron chi connectivity index (χ4n) is 2.04. The van der Waals surface area contributed by atoms with Gasteiger partial charge in [0.15, 0.2) is 0 Å². The number of carbonyl (C=O) groups excluding carboxylic acids is 1. The van der Waals surface area contributed by atoms with Crippen LogP contribution in [0.3, 0.4) is 0 Å². The van der Waals surface area contributed by atoms with E-state index in [1.165, 1.54) is 12.8 Å². The largest absolute Gasteiger partial charge is 0.343 e. The van der Waals surface area contributed by atoms with E-state index < -0.39 is 0 Å². The molecule has 1 heterocycles. The first-order valence-electron chi connectivity index (χ1n) is 5.70. The average Bonchev–Trinajstić information content (AvgIpc) is 2.18. The van der Waals surface area contributed by atoms with E-state index in [0.29, 0.717) is 5.92 Å². The Hall–Kier alpha value is -0.570. The minimum atomic E-state index is 0.220. The van der Waals surface area contributed by atoms with Crippen LogP contribution in [-0.2, 0) is 4.79 Å². The second kappa shape index (κ2) is 6.02. The Kier molecular flexibility index (Phi) is 4.94. The lowest BCUT2D eigenvalue weighted by molar-refractivity contribution is -0.129. The minimum Gasteiger partial charge on any atom is -0.343 e. The lowest BCUT2D eigenvalue weighted by Gasteiger charge is -2.29. The molecule has 1 unspecified atom stereocenters. The number of nitrogens with zero attached hydrogens (tertiary/aromatic N) is 1. The van der Waals surface area contributed by atoms with Crippen LogP contribution < -0.4 is 5.32 Å². The predicted octanol–water partition coefficient (Wildman–Crippen LogP) is 1.24. The standard InChI is InChI=1S/C11H22N2O/c1-3-7-13(10(2)14)9-11-5-4-6-12-8-11/h11-12H,3-9H2,1-2H3. The number of hydrogen-bond donors (Lipinski definition) is 1. The summed E-state index contributed by atoms with van der Waals surface area (Å²) >= 11 is 0. The molecule has 1 rings (SSSR count). The second-order valence-corrected chi connectivity index (χ2v) is 4.18. The van der Waals surface area contributed by atoms with Crippen molar-refractivity contribution in [1.82, 2.24) is 10.2 Å². The van der Waals surface area contributed by atoms with E-state index in [1.807, 2.05) is 4.90 Å². The first-order chi connectivity index (χ1) is 6.74. The van der Waals surface area contributed by atoms with Crippen molar-refractivity contribution < 1.29 is 4.79 Å². The number of hydrogen-bond acceptors (Lipinski definition) is 2. The van der Waals surface area contributed by atoms with Crippen LogP contribution in [0.5, 0.6) is 0 Å². The van der Waals surface area contributed by atoms with Crippen LogP contribution in [0.15, 0.2) is 0 Å². The van der Waals surface area contributed by atoms with E-state index in [0.717, 1.165) is 32.6 Å². The molecular formula is C11H22N2O. The molecule has 0 aromatic heterocycles. The molecule has 0 spiro atoms. The molecule has 82 valence electrons. The minimum absolute atomic E-state index is 0.220. The highest BCUT2D eigenvalue weighted by Crippen LogP contribution is 2.12. The fourth-order valence-corrected chi connectivity index (χ4v) is 2.04. The van der Waals surface area contributed by atoms with E-state index in [1.54, 1.807) is 6.92 Å². The van der Waals surface area contributed by atoms with Crippen molar-refractivity contribution >= 4 is 5.91 Å². The van der Waals surface area contributed by atoms with Gasteiger partial charge in [-0.2, -0.15) is 0 Å². The summed E-state index contributed by atoms with van der Waals surface area (Å²) in [5.74, 6) is 0.886. The maximum absolute atomic E-state index is 11.3. The summed E-state index contributed by atoms with van der Waals surface area (Å²) in [7, 11) is 0. The van der Waals surface area contributed by atoms with Crippen LogP contribution in [0.25, 0.3) is 0 Å². The quantitative estimate of drug-likeness (QED) is 0.737. The first-order valence-corrected chi connectivity index (χ1v) is 5.70. The van der Waals surface area contributed by atoms with Gasteiger partial charge < -0.3 is 10.2 Å². The highest BCUT2D eigenvalue weighted by Gasteiger charge is 2.17. The van der Waals surface area contributed by atoms with Gasteiger partial charge >= 0.3 is 0 Å². The van der Waals surface area contributed by atoms with Crippen molar-refractivity contribution in [2.45, 2.75) is 33.1 Å². The summed E-state index contributed by atoms with van der Waals surface area (Å²) in [6.45, 7) is 7.86. The Morgan fingerprint density at radius 2 is 2.36 bits per heavy atom. The number of amides is 1. The summed E-state index contributed by atoms with van der Waals surface area (Å²) in [4.78, 5) is 13.3. The van der Waals surface area contributed by atoms with Gasteiger partial charge in [0.25, 0.3) is 0 Å². The van der Waals surface area contributed by atoms with Gasteiger partial charge in [0.2, 0.25) is 5.91 Å². The molecule has 1 saturated heterocycles. The molecule has 1 N–H and O–H groups in total. The Balaban J connectivity index is 2.33. The van der Waals surface area contributed by atoms with Gasteiger partial charge in [-0.15, -0.1) is 0 Å². The lowest BCUT2D eigenvalue weighted by atomic mass is 9.99. The maximum atomic E-state index is 11.3. The average molecular weight is 198 g/mol. The smallest absolute Gasteiger partial charge is 0.219 e. The summed E-state index contributed by atoms with van der Waals surface area (Å²) in [6, 6.07) is 0. The van der Waals surface area contributed by atoms with Gasteiger partial charge in [0.05, 0.1) is 0 Å². The van der Waals surface area contributed by atoms with Gasteiger partial charge in [-0.3, -0.25) is 4.79 Å². The van der Waals surface area contributed by atoms with Crippen LogP contribution in [0.4, 0.5) is 0 Å². The zero-order chi connectivity index (χ0) is 10.4. The van der Waals surface area contributed by atoms with Crippen molar-refractivity contribution in [3.8, 4) is 0 Å². The van der Waals surface area contributed by atoms with Crippen molar-refractivity contribution in [2.24, 2.45) is 5.92 Å². The van der Waals surface area contributed by atoms with Gasteiger partial charge in [0, 0.05) is 20.0 Å². The summed E-state index contributed by atoms with van der Waals surface area (Å²) < 4.78 is 0. The molecule has 3 nitrogen and oxygen atoms in total. The van der Waals surface area contributed by atoms with E-state index in [2.05, 4.69) is 12.2 Å². The number of piperidine rings is 1. The van der Waals surface area contributed by atoms with E-state index in [4.69, 9.17) is 0 Å². The SMILES string of the molecule is CCCN(CC1CCCNC1)C(C)=O. The molecule has 0 bridgehead atoms. The molecule has 1 fully saturated rings. The third-order valence-corrected chi connectivity index (χ3v) is 2.82. The monoisotopic (exact) mass is 198 g/mol. The molecule has 1 amide bonds. The molecule has 14 heavy (non-hydrogen) atoms. The molecule has 0 aliphatic carbocycles. The molecule has 1 aliphatic rings. The molecule has 1 aliphatic heterocycles. The summed E-state index contributed by atoms with van der Waals surface area (Å²) in [5, 5.41) is 3.38. The topological polar surface area (TPSA) is 32.3 Å². The zero-order valence-electron chi connectivity index (χ0n) is 9.38. The van der Waals surface area contributed by atoms with E-state index >= 15 is 0 Å². The predicted molar refractivity (Wildman–Crippen MR) is 58.1 cm³/mol. The second-order valence-electron chi connectivity index (χ2n) is 4.18. The Morgan fingerprint density at radius 3 is 2.86 bits per heavy atom. The van der Waals surface area contributed by atoms with Crippen LogP contribution in [0.2, 0.25) is 0 Å². The van der Waals surface area contributed by atoms with Crippen molar-refractivity contribution in [3.63, 3.8) is 0 Å². The molecule has 0 radical (unpaired) electrons. The fraction of sp³-hybridized carbons (Fsp3) is 0.909. The Bertz CT molecular complexity index is 176. The van der Waals surface area contributed by atoms with Crippen LogP contribution in [0.1, 0.15) is 33.1 Å². The third kappa shape index (κ3) is 3.66. The normalized spacial score (nSPS) is 22.0. The number of rotatable bonds is 4. The van der Waals surface area contributed by atoms with Crippen LogP contribution >= 0.6 is 0 Å². The molecule has 0 saturated carbocycles. The molecule has 0 aromatic carbocycles. The Labute approximate surface area is 86.9 Å². The highest BCUT2D eigenvalue weighted by atomic mass is 16.2. The molecular weight excluding hydrogens is 176 g/mol. The van der Waals surface area contributed by atoms with Crippen LogP contribution in [-0.4, -0.2) is 37.0 Å². The number of nitrogens with one attached hydrogen (secondary N) is 1. The van der Waals surface area contributed by atoms with E-state index in [9.17, 15) is 4.79 Å². The zero-order valence-corrected chi connectivity index (χ0v) is 9.38. The van der Waals surface area contributed by atoms with Crippen molar-refractivity contribution in [2.75, 3.05) is 26.2 Å². The van der Waals surface area contributed by atoms with Crippen LogP contribution in [0, 0.1) is 5.92 Å². The molecule has 3 heteroatoms. The number of carbonyl (C=O) groups is 1. The van der Waals surface area contributed by atoms with Crippen molar-refractivity contribution in [3.05, 3.63) is 0 Å². The maximum Gasteiger partial charge on any atom is 0.219 e. The summed E-state index contributed by atoms with van der Waals surface area (Å²) in [5.41, 5.74) is 0. The van der Waals surface area contributed by atoms with Gasteiger partial charge in [-0.1, -0.05) is 6.92 Å². The Morgan fingerprint density at radius 1 is 1.57 bits per heavy atom. The lowest BCUT2D eigenvalue weighted by Crippen LogP contribution is -2.40. The highest BCUT2D eigenvalue weighted by molar-refractivity contribution is 5.73. The molecule has 0 aromatic rings. The summed E-state index contributed by atoms with van der Waals surface area (Å²) in [6.07, 6.45) is 3.57. The van der Waals surface area contributed by atoms with E-state index in [-0.39, 0.29) is 5.91 Å². The van der Waals surface area contributed by atoms with Crippen molar-refractivity contribution in [1.29, 1.82) is 0 Å². The third-order valence-electron chi connectivity index (χ3n) is 2.82. The first kappa shape index (κ1) is 11.5.